The third kappa shape index (κ3) is 5.36. The lowest BCUT2D eigenvalue weighted by molar-refractivity contribution is -0.128. The Hall–Kier alpha value is -1.88. The minimum atomic E-state index is -0.458. The molecular formula is C18H27N3O2. The zero-order chi connectivity index (χ0) is 16.8. The number of carbonyl (C=O) groups excluding carboxylic acids is 2. The van der Waals surface area contributed by atoms with Crippen LogP contribution in [0.3, 0.4) is 0 Å². The fourth-order valence-corrected chi connectivity index (χ4v) is 2.86. The highest BCUT2D eigenvalue weighted by Crippen LogP contribution is 2.15. The molecule has 0 radical (unpaired) electrons. The first-order valence-electron chi connectivity index (χ1n) is 8.34. The number of rotatable bonds is 7. The molecule has 1 aliphatic heterocycles. The first kappa shape index (κ1) is 17.5. The molecule has 126 valence electrons. The number of hydrogen-bond donors (Lipinski definition) is 2. The minimum absolute atomic E-state index is 0.112. The van der Waals surface area contributed by atoms with Crippen LogP contribution >= 0.6 is 0 Å². The number of benzene rings is 1. The monoisotopic (exact) mass is 317 g/mol. The highest BCUT2D eigenvalue weighted by Gasteiger charge is 2.20. The number of hydrogen-bond acceptors (Lipinski definition) is 3. The van der Waals surface area contributed by atoms with Crippen LogP contribution in [0.4, 0.5) is 0 Å². The van der Waals surface area contributed by atoms with E-state index < -0.39 is 6.04 Å². The Morgan fingerprint density at radius 1 is 1.35 bits per heavy atom. The largest absolute Gasteiger partial charge is 0.351 e. The fraction of sp³-hybridized carbons (Fsp3) is 0.556. The van der Waals surface area contributed by atoms with E-state index in [1.807, 2.05) is 29.2 Å². The first-order chi connectivity index (χ1) is 11.0. The van der Waals surface area contributed by atoms with Gasteiger partial charge in [0.25, 0.3) is 0 Å². The molecule has 2 amide bonds. The molecule has 0 saturated carbocycles. The van der Waals surface area contributed by atoms with Gasteiger partial charge < -0.3 is 16.0 Å². The maximum absolute atomic E-state index is 12.0. The van der Waals surface area contributed by atoms with Crippen LogP contribution in [-0.4, -0.2) is 29.3 Å². The van der Waals surface area contributed by atoms with Gasteiger partial charge in [0.05, 0.1) is 6.04 Å². The predicted octanol–water partition coefficient (Wildman–Crippen LogP) is 1.80. The molecule has 5 heteroatoms. The lowest BCUT2D eigenvalue weighted by Gasteiger charge is -2.17. The standard InChI is InChI=1S/C18H27N3O2/c1-13(2)9-16(19)18(23)20-11-14-5-3-6-15(10-14)12-21-8-4-7-17(21)22/h3,5-6,10,13,16H,4,7-9,11-12,19H2,1-2H3,(H,20,23)/t16-/m0/s1. The van der Waals surface area contributed by atoms with Gasteiger partial charge in [0.1, 0.15) is 0 Å². The topological polar surface area (TPSA) is 75.4 Å². The summed E-state index contributed by atoms with van der Waals surface area (Å²) < 4.78 is 0. The summed E-state index contributed by atoms with van der Waals surface area (Å²) in [5, 5.41) is 2.89. The number of carbonyl (C=O) groups is 2. The second-order valence-corrected chi connectivity index (χ2v) is 6.69. The Kier molecular flexibility index (Phi) is 6.16. The quantitative estimate of drug-likeness (QED) is 0.805. The van der Waals surface area contributed by atoms with Gasteiger partial charge in [-0.1, -0.05) is 38.1 Å². The van der Waals surface area contributed by atoms with Gasteiger partial charge in [-0.05, 0) is 29.9 Å². The smallest absolute Gasteiger partial charge is 0.237 e. The van der Waals surface area contributed by atoms with Crippen molar-refractivity contribution in [3.63, 3.8) is 0 Å². The molecule has 0 aromatic heterocycles. The zero-order valence-corrected chi connectivity index (χ0v) is 14.0. The van der Waals surface area contributed by atoms with E-state index in [-0.39, 0.29) is 11.8 Å². The van der Waals surface area contributed by atoms with Gasteiger partial charge in [0.2, 0.25) is 11.8 Å². The molecule has 1 atom stereocenters. The summed E-state index contributed by atoms with van der Waals surface area (Å²) in [4.78, 5) is 25.6. The van der Waals surface area contributed by atoms with E-state index in [4.69, 9.17) is 5.73 Å². The van der Waals surface area contributed by atoms with Crippen LogP contribution < -0.4 is 11.1 Å². The summed E-state index contributed by atoms with van der Waals surface area (Å²) in [7, 11) is 0. The lowest BCUT2D eigenvalue weighted by Crippen LogP contribution is -2.41. The lowest BCUT2D eigenvalue weighted by atomic mass is 10.0. The summed E-state index contributed by atoms with van der Waals surface area (Å²) >= 11 is 0. The molecule has 0 aliphatic carbocycles. The third-order valence-electron chi connectivity index (χ3n) is 4.07. The molecular weight excluding hydrogens is 290 g/mol. The van der Waals surface area contributed by atoms with Crippen molar-refractivity contribution in [2.45, 2.75) is 52.2 Å². The fourth-order valence-electron chi connectivity index (χ4n) is 2.86. The van der Waals surface area contributed by atoms with Crippen molar-refractivity contribution in [1.29, 1.82) is 0 Å². The Morgan fingerprint density at radius 2 is 2.09 bits per heavy atom. The van der Waals surface area contributed by atoms with Crippen molar-refractivity contribution >= 4 is 11.8 Å². The average molecular weight is 317 g/mol. The Bertz CT molecular complexity index is 557. The van der Waals surface area contributed by atoms with Crippen LogP contribution in [0, 0.1) is 5.92 Å². The van der Waals surface area contributed by atoms with Crippen molar-refractivity contribution in [1.82, 2.24) is 10.2 Å². The van der Waals surface area contributed by atoms with Gasteiger partial charge in [0.15, 0.2) is 0 Å². The number of nitrogens with one attached hydrogen (secondary N) is 1. The molecule has 2 rings (SSSR count). The van der Waals surface area contributed by atoms with E-state index in [1.165, 1.54) is 0 Å². The molecule has 0 bridgehead atoms. The minimum Gasteiger partial charge on any atom is -0.351 e. The number of nitrogens with zero attached hydrogens (tertiary/aromatic N) is 1. The van der Waals surface area contributed by atoms with Gasteiger partial charge in [-0.2, -0.15) is 0 Å². The van der Waals surface area contributed by atoms with Crippen LogP contribution in [0.2, 0.25) is 0 Å². The normalized spacial score (nSPS) is 16.0. The molecule has 1 aromatic rings. The number of amides is 2. The molecule has 0 unspecified atom stereocenters. The highest BCUT2D eigenvalue weighted by atomic mass is 16.2. The average Bonchev–Trinajstić information content (AvgIpc) is 2.89. The summed E-state index contributed by atoms with van der Waals surface area (Å²) in [5.74, 6) is 0.513. The first-order valence-corrected chi connectivity index (χ1v) is 8.34. The van der Waals surface area contributed by atoms with E-state index in [0.717, 1.165) is 24.1 Å². The zero-order valence-electron chi connectivity index (χ0n) is 14.0. The van der Waals surface area contributed by atoms with Gasteiger partial charge in [-0.3, -0.25) is 9.59 Å². The summed E-state index contributed by atoms with van der Waals surface area (Å²) in [5.41, 5.74) is 8.00. The van der Waals surface area contributed by atoms with Crippen LogP contribution in [0.25, 0.3) is 0 Å². The predicted molar refractivity (Wildman–Crippen MR) is 90.4 cm³/mol. The molecule has 5 nitrogen and oxygen atoms in total. The number of likely N-dealkylation sites (tertiary alicyclic amines) is 1. The molecule has 1 aromatic carbocycles. The molecule has 1 aliphatic rings. The number of nitrogens with two attached hydrogens (primary N) is 1. The van der Waals surface area contributed by atoms with E-state index >= 15 is 0 Å². The molecule has 0 spiro atoms. The van der Waals surface area contributed by atoms with Gasteiger partial charge >= 0.3 is 0 Å². The Balaban J connectivity index is 1.87. The van der Waals surface area contributed by atoms with Gasteiger partial charge in [-0.25, -0.2) is 0 Å². The summed E-state index contributed by atoms with van der Waals surface area (Å²) in [6.07, 6.45) is 2.29. The SMILES string of the molecule is CC(C)C[C@H](N)C(=O)NCc1cccc(CN2CCCC2=O)c1. The Labute approximate surface area is 138 Å². The van der Waals surface area contributed by atoms with Crippen LogP contribution in [-0.2, 0) is 22.7 Å². The van der Waals surface area contributed by atoms with Crippen molar-refractivity contribution in [3.8, 4) is 0 Å². The van der Waals surface area contributed by atoms with Crippen LogP contribution in [0.5, 0.6) is 0 Å². The van der Waals surface area contributed by atoms with Crippen LogP contribution in [0.15, 0.2) is 24.3 Å². The second kappa shape index (κ2) is 8.11. The Morgan fingerprint density at radius 3 is 2.74 bits per heavy atom. The van der Waals surface area contributed by atoms with Crippen molar-refractivity contribution < 1.29 is 9.59 Å². The van der Waals surface area contributed by atoms with Crippen molar-refractivity contribution in [2.75, 3.05) is 6.54 Å². The maximum atomic E-state index is 12.0. The van der Waals surface area contributed by atoms with E-state index in [9.17, 15) is 9.59 Å². The summed E-state index contributed by atoms with van der Waals surface area (Å²) in [6, 6.07) is 7.54. The van der Waals surface area contributed by atoms with Gasteiger partial charge in [-0.15, -0.1) is 0 Å². The molecule has 3 N–H and O–H groups in total. The van der Waals surface area contributed by atoms with Crippen LogP contribution in [0.1, 0.15) is 44.2 Å². The van der Waals surface area contributed by atoms with E-state index in [1.54, 1.807) is 0 Å². The van der Waals surface area contributed by atoms with Crippen molar-refractivity contribution in [3.05, 3.63) is 35.4 Å². The van der Waals surface area contributed by atoms with E-state index in [0.29, 0.717) is 31.8 Å². The molecule has 1 saturated heterocycles. The van der Waals surface area contributed by atoms with Crippen molar-refractivity contribution in [2.24, 2.45) is 11.7 Å². The third-order valence-corrected chi connectivity index (χ3v) is 4.07. The molecule has 1 heterocycles. The molecule has 23 heavy (non-hydrogen) atoms. The van der Waals surface area contributed by atoms with E-state index in [2.05, 4.69) is 19.2 Å². The van der Waals surface area contributed by atoms with Gasteiger partial charge in [0, 0.05) is 26.1 Å². The highest BCUT2D eigenvalue weighted by molar-refractivity contribution is 5.81. The second-order valence-electron chi connectivity index (χ2n) is 6.69. The maximum Gasteiger partial charge on any atom is 0.237 e. The summed E-state index contributed by atoms with van der Waals surface area (Å²) in [6.45, 7) is 6.05. The molecule has 1 fully saturated rings.